The van der Waals surface area contributed by atoms with Crippen LogP contribution in [0.3, 0.4) is 0 Å². The van der Waals surface area contributed by atoms with Crippen molar-refractivity contribution >= 4 is 24.1 Å². The normalized spacial score (nSPS) is 10.3. The summed E-state index contributed by atoms with van der Waals surface area (Å²) in [5.74, 6) is 0. The Balaban J connectivity index is 2.94. The number of amides is 1. The Labute approximate surface area is 89.6 Å². The van der Waals surface area contributed by atoms with E-state index in [1.54, 1.807) is 0 Å². The predicted octanol–water partition coefficient (Wildman–Crippen LogP) is 1.47. The maximum Gasteiger partial charge on any atom is 0.212 e. The maximum atomic E-state index is 10.0. The van der Waals surface area contributed by atoms with Gasteiger partial charge in [-0.15, -0.1) is 0 Å². The number of rotatable bonds is 4. The SMILES string of the molecule is Cc1ccc(N(C)C)cc1N=CNC=O. The van der Waals surface area contributed by atoms with E-state index in [1.807, 2.05) is 44.1 Å². The first-order valence-corrected chi connectivity index (χ1v) is 4.65. The summed E-state index contributed by atoms with van der Waals surface area (Å²) in [6, 6.07) is 6.00. The summed E-state index contributed by atoms with van der Waals surface area (Å²) < 4.78 is 0. The number of nitrogens with one attached hydrogen (secondary N) is 1. The minimum atomic E-state index is 0.592. The van der Waals surface area contributed by atoms with Crippen LogP contribution in [-0.2, 0) is 4.79 Å². The van der Waals surface area contributed by atoms with Crippen molar-refractivity contribution in [2.24, 2.45) is 4.99 Å². The van der Waals surface area contributed by atoms with Crippen molar-refractivity contribution in [2.45, 2.75) is 6.92 Å². The molecule has 0 aliphatic carbocycles. The van der Waals surface area contributed by atoms with Crippen molar-refractivity contribution < 1.29 is 4.79 Å². The van der Waals surface area contributed by atoms with Crippen molar-refractivity contribution in [3.63, 3.8) is 0 Å². The van der Waals surface area contributed by atoms with Crippen LogP contribution >= 0.6 is 0 Å². The van der Waals surface area contributed by atoms with Gasteiger partial charge in [0.25, 0.3) is 0 Å². The number of aryl methyl sites for hydroxylation is 1. The summed E-state index contributed by atoms with van der Waals surface area (Å²) in [6.07, 6.45) is 1.98. The van der Waals surface area contributed by atoms with E-state index in [0.29, 0.717) is 6.41 Å². The molecule has 1 rings (SSSR count). The van der Waals surface area contributed by atoms with Gasteiger partial charge in [0.1, 0.15) is 0 Å². The summed E-state index contributed by atoms with van der Waals surface area (Å²) in [6.45, 7) is 1.98. The molecular formula is C11H15N3O. The van der Waals surface area contributed by atoms with E-state index in [-0.39, 0.29) is 0 Å². The molecule has 1 amide bonds. The molecule has 0 atom stereocenters. The van der Waals surface area contributed by atoms with Crippen LogP contribution in [0.4, 0.5) is 11.4 Å². The summed E-state index contributed by atoms with van der Waals surface area (Å²) in [7, 11) is 3.95. The van der Waals surface area contributed by atoms with Gasteiger partial charge in [-0.25, -0.2) is 4.99 Å². The monoisotopic (exact) mass is 205 g/mol. The smallest absolute Gasteiger partial charge is 0.212 e. The molecular weight excluding hydrogens is 190 g/mol. The van der Waals surface area contributed by atoms with Gasteiger partial charge in [-0.3, -0.25) is 4.79 Å². The summed E-state index contributed by atoms with van der Waals surface area (Å²) in [4.78, 5) is 16.2. The second kappa shape index (κ2) is 5.14. The molecule has 15 heavy (non-hydrogen) atoms. The van der Waals surface area contributed by atoms with Gasteiger partial charge in [-0.1, -0.05) is 6.07 Å². The molecule has 0 aromatic heterocycles. The second-order valence-corrected chi connectivity index (χ2v) is 3.41. The molecule has 1 aromatic rings. The predicted molar refractivity (Wildman–Crippen MR) is 62.9 cm³/mol. The Bertz CT molecular complexity index is 372. The Morgan fingerprint density at radius 2 is 2.13 bits per heavy atom. The highest BCUT2D eigenvalue weighted by Gasteiger charge is 1.99. The minimum absolute atomic E-state index is 0.592. The van der Waals surface area contributed by atoms with Crippen molar-refractivity contribution in [1.82, 2.24) is 5.32 Å². The first kappa shape index (κ1) is 11.2. The number of hydrogen-bond acceptors (Lipinski definition) is 3. The molecule has 0 aliphatic rings. The molecule has 0 radical (unpaired) electrons. The van der Waals surface area contributed by atoms with E-state index in [0.717, 1.165) is 16.9 Å². The lowest BCUT2D eigenvalue weighted by Crippen LogP contribution is -2.08. The number of carbonyl (C=O) groups is 1. The van der Waals surface area contributed by atoms with Gasteiger partial charge in [-0.05, 0) is 24.6 Å². The van der Waals surface area contributed by atoms with Gasteiger partial charge < -0.3 is 10.2 Å². The van der Waals surface area contributed by atoms with Crippen LogP contribution < -0.4 is 10.2 Å². The molecule has 1 N–H and O–H groups in total. The highest BCUT2D eigenvalue weighted by atomic mass is 16.1. The van der Waals surface area contributed by atoms with Crippen molar-refractivity contribution in [1.29, 1.82) is 0 Å². The number of benzene rings is 1. The van der Waals surface area contributed by atoms with Crippen molar-refractivity contribution in [3.05, 3.63) is 23.8 Å². The van der Waals surface area contributed by atoms with Gasteiger partial charge in [0.2, 0.25) is 6.41 Å². The molecule has 0 aliphatic heterocycles. The lowest BCUT2D eigenvalue weighted by atomic mass is 10.2. The van der Waals surface area contributed by atoms with E-state index in [4.69, 9.17) is 0 Å². The van der Waals surface area contributed by atoms with Crippen LogP contribution in [0.2, 0.25) is 0 Å². The third-order valence-electron chi connectivity index (χ3n) is 2.06. The summed E-state index contributed by atoms with van der Waals surface area (Å²) in [5.41, 5.74) is 3.01. The molecule has 0 heterocycles. The highest BCUT2D eigenvalue weighted by Crippen LogP contribution is 2.23. The summed E-state index contributed by atoms with van der Waals surface area (Å²) in [5, 5.41) is 2.39. The largest absolute Gasteiger partial charge is 0.378 e. The third kappa shape index (κ3) is 3.09. The van der Waals surface area contributed by atoms with Crippen molar-refractivity contribution in [2.75, 3.05) is 19.0 Å². The second-order valence-electron chi connectivity index (χ2n) is 3.41. The van der Waals surface area contributed by atoms with Crippen LogP contribution in [0.25, 0.3) is 0 Å². The fourth-order valence-electron chi connectivity index (χ4n) is 1.15. The van der Waals surface area contributed by atoms with E-state index in [9.17, 15) is 4.79 Å². The van der Waals surface area contributed by atoms with Gasteiger partial charge in [0.15, 0.2) is 0 Å². The Hall–Kier alpha value is -1.84. The van der Waals surface area contributed by atoms with Gasteiger partial charge >= 0.3 is 0 Å². The molecule has 1 aromatic carbocycles. The van der Waals surface area contributed by atoms with E-state index >= 15 is 0 Å². The Kier molecular flexibility index (Phi) is 3.85. The quantitative estimate of drug-likeness (QED) is 0.459. The first-order valence-electron chi connectivity index (χ1n) is 4.65. The van der Waals surface area contributed by atoms with E-state index < -0.39 is 0 Å². The molecule has 4 nitrogen and oxygen atoms in total. The minimum Gasteiger partial charge on any atom is -0.378 e. The Morgan fingerprint density at radius 1 is 1.40 bits per heavy atom. The fraction of sp³-hybridized carbons (Fsp3) is 0.273. The van der Waals surface area contributed by atoms with E-state index in [2.05, 4.69) is 10.3 Å². The third-order valence-corrected chi connectivity index (χ3v) is 2.06. The number of carbonyl (C=O) groups excluding carboxylic acids is 1. The van der Waals surface area contributed by atoms with Crippen LogP contribution in [0.5, 0.6) is 0 Å². The first-order chi connectivity index (χ1) is 7.15. The molecule has 0 spiro atoms. The van der Waals surface area contributed by atoms with Crippen LogP contribution in [0.1, 0.15) is 5.56 Å². The zero-order chi connectivity index (χ0) is 11.3. The van der Waals surface area contributed by atoms with Gasteiger partial charge in [0.05, 0.1) is 12.0 Å². The molecule has 0 fully saturated rings. The van der Waals surface area contributed by atoms with Gasteiger partial charge in [0, 0.05) is 19.8 Å². The topological polar surface area (TPSA) is 44.7 Å². The zero-order valence-electron chi connectivity index (χ0n) is 9.19. The van der Waals surface area contributed by atoms with E-state index in [1.165, 1.54) is 6.34 Å². The lowest BCUT2D eigenvalue weighted by molar-refractivity contribution is -0.108. The van der Waals surface area contributed by atoms with Gasteiger partial charge in [-0.2, -0.15) is 0 Å². The summed E-state index contributed by atoms with van der Waals surface area (Å²) >= 11 is 0. The zero-order valence-corrected chi connectivity index (χ0v) is 9.19. The molecule has 0 saturated carbocycles. The number of aliphatic imine (C=N–C) groups is 1. The molecule has 80 valence electrons. The molecule has 0 bridgehead atoms. The molecule has 0 unspecified atom stereocenters. The average Bonchev–Trinajstić information content (AvgIpc) is 2.20. The van der Waals surface area contributed by atoms with Crippen LogP contribution in [-0.4, -0.2) is 26.8 Å². The van der Waals surface area contributed by atoms with Crippen LogP contribution in [0.15, 0.2) is 23.2 Å². The maximum absolute atomic E-state index is 10.0. The van der Waals surface area contributed by atoms with Crippen molar-refractivity contribution in [3.8, 4) is 0 Å². The number of hydrogen-bond donors (Lipinski definition) is 1. The number of anilines is 1. The molecule has 4 heteroatoms. The number of nitrogens with zero attached hydrogens (tertiary/aromatic N) is 2. The average molecular weight is 205 g/mol. The molecule has 0 saturated heterocycles. The highest BCUT2D eigenvalue weighted by molar-refractivity contribution is 5.75. The standard InChI is InChI=1S/C11H15N3O/c1-9-4-5-10(14(2)3)6-11(9)13-7-12-8-15/h4-8H,1-3H3,(H,12,13,15). The van der Waals surface area contributed by atoms with Crippen LogP contribution in [0, 0.1) is 6.92 Å². The Morgan fingerprint density at radius 3 is 2.73 bits per heavy atom. The fourth-order valence-corrected chi connectivity index (χ4v) is 1.15. The lowest BCUT2D eigenvalue weighted by Gasteiger charge is -2.13.